The number of aryl methyl sites for hydroxylation is 2. The maximum Gasteiger partial charge on any atom is 0.265 e. The van der Waals surface area contributed by atoms with Crippen LogP contribution in [0.5, 0.6) is 0 Å². The van der Waals surface area contributed by atoms with Gasteiger partial charge >= 0.3 is 0 Å². The fourth-order valence-electron chi connectivity index (χ4n) is 2.99. The van der Waals surface area contributed by atoms with E-state index in [0.717, 1.165) is 15.6 Å². The second-order valence-electron chi connectivity index (χ2n) is 7.19. The summed E-state index contributed by atoms with van der Waals surface area (Å²) in [5, 5.41) is 6.90. The minimum Gasteiger partial charge on any atom is -0.378 e. The average molecular weight is 428 g/mol. The number of amides is 1. The van der Waals surface area contributed by atoms with Crippen LogP contribution < -0.4 is 14.5 Å². The van der Waals surface area contributed by atoms with Gasteiger partial charge < -0.3 is 10.2 Å². The van der Waals surface area contributed by atoms with E-state index in [9.17, 15) is 13.2 Å². The van der Waals surface area contributed by atoms with Crippen molar-refractivity contribution in [1.82, 2.24) is 9.78 Å². The summed E-state index contributed by atoms with van der Waals surface area (Å²) in [5.41, 5.74) is 2.72. The van der Waals surface area contributed by atoms with E-state index in [-0.39, 0.29) is 16.3 Å². The molecular formula is C21H25N5O3S. The Morgan fingerprint density at radius 2 is 1.60 bits per heavy atom. The molecule has 0 saturated carbocycles. The molecule has 1 aromatic heterocycles. The SMILES string of the molecule is Cc1ccc(S(=O)(=O)N(C)c2c(C(=O)Nc3ccc(N(C)C)cc3)cnn2C)cc1. The molecule has 2 aromatic carbocycles. The molecule has 9 heteroatoms. The third kappa shape index (κ3) is 4.16. The molecule has 1 N–H and O–H groups in total. The fraction of sp³-hybridized carbons (Fsp3) is 0.238. The standard InChI is InChI=1S/C21H25N5O3S/c1-15-6-12-18(13-7-15)30(28,29)26(5)21-19(14-22-25(21)4)20(27)23-16-8-10-17(11-9-16)24(2)3/h6-14H,1-5H3,(H,23,27). The van der Waals surface area contributed by atoms with Crippen molar-refractivity contribution in [2.24, 2.45) is 7.05 Å². The van der Waals surface area contributed by atoms with Crippen molar-refractivity contribution < 1.29 is 13.2 Å². The van der Waals surface area contributed by atoms with Gasteiger partial charge in [-0.05, 0) is 43.3 Å². The highest BCUT2D eigenvalue weighted by molar-refractivity contribution is 7.92. The van der Waals surface area contributed by atoms with E-state index in [1.165, 1.54) is 17.9 Å². The summed E-state index contributed by atoms with van der Waals surface area (Å²) in [4.78, 5) is 15.0. The lowest BCUT2D eigenvalue weighted by Gasteiger charge is -2.21. The molecule has 0 aliphatic carbocycles. The number of hydrogen-bond acceptors (Lipinski definition) is 5. The van der Waals surface area contributed by atoms with Crippen LogP contribution in [0.25, 0.3) is 0 Å². The number of carbonyl (C=O) groups excluding carboxylic acids is 1. The molecule has 0 atom stereocenters. The molecule has 0 spiro atoms. The van der Waals surface area contributed by atoms with Crippen LogP contribution in [0, 0.1) is 6.92 Å². The van der Waals surface area contributed by atoms with Crippen LogP contribution in [0.4, 0.5) is 17.2 Å². The Bertz CT molecular complexity index is 1150. The van der Waals surface area contributed by atoms with E-state index < -0.39 is 15.9 Å². The van der Waals surface area contributed by atoms with Gasteiger partial charge in [0.25, 0.3) is 15.9 Å². The van der Waals surface area contributed by atoms with Crippen molar-refractivity contribution in [3.05, 3.63) is 65.9 Å². The lowest BCUT2D eigenvalue weighted by molar-refractivity contribution is 0.102. The molecule has 0 radical (unpaired) electrons. The van der Waals surface area contributed by atoms with Gasteiger partial charge in [-0.15, -0.1) is 0 Å². The zero-order valence-corrected chi connectivity index (χ0v) is 18.4. The maximum absolute atomic E-state index is 13.1. The van der Waals surface area contributed by atoms with Gasteiger partial charge in [0.2, 0.25) is 0 Å². The van der Waals surface area contributed by atoms with Crippen LogP contribution in [-0.2, 0) is 17.1 Å². The van der Waals surface area contributed by atoms with Crippen molar-refractivity contribution >= 4 is 33.1 Å². The first-order chi connectivity index (χ1) is 14.1. The quantitative estimate of drug-likeness (QED) is 0.654. The third-order valence-corrected chi connectivity index (χ3v) is 6.53. The van der Waals surface area contributed by atoms with Crippen molar-refractivity contribution in [2.75, 3.05) is 35.7 Å². The number of sulfonamides is 1. The third-order valence-electron chi connectivity index (χ3n) is 4.77. The van der Waals surface area contributed by atoms with E-state index in [0.29, 0.717) is 5.69 Å². The van der Waals surface area contributed by atoms with Gasteiger partial charge in [0.1, 0.15) is 5.56 Å². The van der Waals surface area contributed by atoms with Crippen LogP contribution in [0.3, 0.4) is 0 Å². The molecule has 3 aromatic rings. The topological polar surface area (TPSA) is 87.5 Å². The van der Waals surface area contributed by atoms with Crippen LogP contribution in [0.2, 0.25) is 0 Å². The Balaban J connectivity index is 1.90. The van der Waals surface area contributed by atoms with Crippen LogP contribution in [0.15, 0.2) is 59.6 Å². The molecular weight excluding hydrogens is 402 g/mol. The van der Waals surface area contributed by atoms with Gasteiger partial charge in [0.15, 0.2) is 5.82 Å². The first-order valence-corrected chi connectivity index (χ1v) is 10.7. The smallest absolute Gasteiger partial charge is 0.265 e. The van der Waals surface area contributed by atoms with E-state index in [1.807, 2.05) is 38.1 Å². The number of benzene rings is 2. The van der Waals surface area contributed by atoms with Crippen molar-refractivity contribution in [1.29, 1.82) is 0 Å². The Labute approximate surface area is 176 Å². The number of carbonyl (C=O) groups is 1. The first kappa shape index (κ1) is 21.4. The molecule has 0 aliphatic heterocycles. The Kier molecular flexibility index (Phi) is 5.84. The highest BCUT2D eigenvalue weighted by Gasteiger charge is 2.28. The summed E-state index contributed by atoms with van der Waals surface area (Å²) in [7, 11) is 3.01. The van der Waals surface area contributed by atoms with E-state index in [1.54, 1.807) is 43.4 Å². The second-order valence-corrected chi connectivity index (χ2v) is 9.16. The second kappa shape index (κ2) is 8.19. The lowest BCUT2D eigenvalue weighted by Crippen LogP contribution is -2.30. The highest BCUT2D eigenvalue weighted by Crippen LogP contribution is 2.26. The number of nitrogens with zero attached hydrogens (tertiary/aromatic N) is 4. The number of rotatable bonds is 6. The maximum atomic E-state index is 13.1. The van der Waals surface area contributed by atoms with Gasteiger partial charge in [-0.1, -0.05) is 17.7 Å². The molecule has 1 amide bonds. The van der Waals surface area contributed by atoms with Gasteiger partial charge in [-0.25, -0.2) is 8.42 Å². The summed E-state index contributed by atoms with van der Waals surface area (Å²) in [6, 6.07) is 13.9. The van der Waals surface area contributed by atoms with E-state index in [2.05, 4.69) is 10.4 Å². The highest BCUT2D eigenvalue weighted by atomic mass is 32.2. The van der Waals surface area contributed by atoms with Gasteiger partial charge in [-0.3, -0.25) is 13.8 Å². The molecule has 0 aliphatic rings. The molecule has 0 bridgehead atoms. The van der Waals surface area contributed by atoms with Crippen molar-refractivity contribution in [2.45, 2.75) is 11.8 Å². The van der Waals surface area contributed by atoms with Crippen LogP contribution >= 0.6 is 0 Å². The van der Waals surface area contributed by atoms with E-state index >= 15 is 0 Å². The molecule has 0 unspecified atom stereocenters. The zero-order valence-electron chi connectivity index (χ0n) is 17.6. The zero-order chi connectivity index (χ0) is 22.1. The predicted octanol–water partition coefficient (Wildman–Crippen LogP) is 2.87. The average Bonchev–Trinajstić information content (AvgIpc) is 3.09. The number of hydrogen-bond donors (Lipinski definition) is 1. The van der Waals surface area contributed by atoms with Crippen LogP contribution in [0.1, 0.15) is 15.9 Å². The summed E-state index contributed by atoms with van der Waals surface area (Å²) >= 11 is 0. The van der Waals surface area contributed by atoms with Gasteiger partial charge in [-0.2, -0.15) is 5.10 Å². The Morgan fingerprint density at radius 1 is 1.00 bits per heavy atom. The molecule has 1 heterocycles. The van der Waals surface area contributed by atoms with Crippen molar-refractivity contribution in [3.63, 3.8) is 0 Å². The monoisotopic (exact) mass is 427 g/mol. The van der Waals surface area contributed by atoms with E-state index in [4.69, 9.17) is 0 Å². The molecule has 0 saturated heterocycles. The van der Waals surface area contributed by atoms with Crippen molar-refractivity contribution in [3.8, 4) is 0 Å². The summed E-state index contributed by atoms with van der Waals surface area (Å²) < 4.78 is 28.6. The summed E-state index contributed by atoms with van der Waals surface area (Å²) in [5.74, 6) is -0.264. The molecule has 30 heavy (non-hydrogen) atoms. The number of nitrogens with one attached hydrogen (secondary N) is 1. The fourth-order valence-corrected chi connectivity index (χ4v) is 4.23. The molecule has 0 fully saturated rings. The summed E-state index contributed by atoms with van der Waals surface area (Å²) in [6.07, 6.45) is 1.36. The number of anilines is 3. The van der Waals surface area contributed by atoms with Crippen LogP contribution in [-0.4, -0.2) is 45.2 Å². The minimum atomic E-state index is -3.86. The largest absolute Gasteiger partial charge is 0.378 e. The predicted molar refractivity (Wildman–Crippen MR) is 119 cm³/mol. The summed E-state index contributed by atoms with van der Waals surface area (Å²) in [6.45, 7) is 1.88. The lowest BCUT2D eigenvalue weighted by atomic mass is 10.2. The van der Waals surface area contributed by atoms with Gasteiger partial charge in [0.05, 0.1) is 11.1 Å². The molecule has 3 rings (SSSR count). The first-order valence-electron chi connectivity index (χ1n) is 9.27. The molecule has 158 valence electrons. The number of aromatic nitrogens is 2. The van der Waals surface area contributed by atoms with Gasteiger partial charge in [0, 0.05) is 39.6 Å². The molecule has 8 nitrogen and oxygen atoms in total. The minimum absolute atomic E-state index is 0.141. The Morgan fingerprint density at radius 3 is 2.17 bits per heavy atom. The normalized spacial score (nSPS) is 11.2. The Hall–Kier alpha value is -3.33.